The van der Waals surface area contributed by atoms with E-state index in [0.717, 1.165) is 0 Å². The highest BCUT2D eigenvalue weighted by Gasteiger charge is 2.24. The highest BCUT2D eigenvalue weighted by Crippen LogP contribution is 2.19. The predicted octanol–water partition coefficient (Wildman–Crippen LogP) is 1.09. The fraction of sp³-hybridized carbons (Fsp3) is 0.786. The number of aromatic nitrogens is 2. The molecule has 0 saturated heterocycles. The third-order valence-corrected chi connectivity index (χ3v) is 4.91. The fourth-order valence-corrected chi connectivity index (χ4v) is 3.68. The van der Waals surface area contributed by atoms with Crippen LogP contribution in [0.15, 0.2) is 4.90 Å². The summed E-state index contributed by atoms with van der Waals surface area (Å²) in [4.78, 5) is 0.296. The molecule has 0 bridgehead atoms. The number of nitrogens with one attached hydrogen (secondary N) is 2. The molecule has 0 aliphatic carbocycles. The topological polar surface area (TPSA) is 85.2 Å². The molecule has 9 heteroatoms. The standard InChI is InChI=1S/C14H28N4O3S.ClH/c1-11(2)10-18-13(4)14(12(3)17-18)22(19,20)16-7-6-15-8-9-21-5;/h11,15-16H,6-10H2,1-5H3;1H. The van der Waals surface area contributed by atoms with Gasteiger partial charge in [-0.1, -0.05) is 13.8 Å². The van der Waals surface area contributed by atoms with E-state index in [1.54, 1.807) is 25.6 Å². The van der Waals surface area contributed by atoms with Gasteiger partial charge in [0.25, 0.3) is 0 Å². The molecule has 0 aliphatic rings. The number of hydrogen-bond donors (Lipinski definition) is 2. The zero-order chi connectivity index (χ0) is 16.8. The van der Waals surface area contributed by atoms with Crippen LogP contribution in [0.3, 0.4) is 0 Å². The zero-order valence-corrected chi connectivity index (χ0v) is 16.2. The van der Waals surface area contributed by atoms with Gasteiger partial charge in [-0.25, -0.2) is 13.1 Å². The molecule has 0 radical (unpaired) electrons. The molecule has 1 aromatic heterocycles. The molecule has 0 spiro atoms. The van der Waals surface area contributed by atoms with Gasteiger partial charge in [0, 0.05) is 33.3 Å². The molecule has 1 aromatic rings. The first-order chi connectivity index (χ1) is 10.3. The molecule has 7 nitrogen and oxygen atoms in total. The Morgan fingerprint density at radius 1 is 1.22 bits per heavy atom. The second kappa shape index (κ2) is 10.2. The lowest BCUT2D eigenvalue weighted by Crippen LogP contribution is -2.33. The monoisotopic (exact) mass is 368 g/mol. The van der Waals surface area contributed by atoms with Crippen LogP contribution in [0.1, 0.15) is 25.2 Å². The molecular formula is C14H29ClN4O3S. The van der Waals surface area contributed by atoms with Gasteiger partial charge < -0.3 is 10.1 Å². The minimum absolute atomic E-state index is 0. The van der Waals surface area contributed by atoms with Crippen LogP contribution in [0, 0.1) is 19.8 Å². The van der Waals surface area contributed by atoms with Crippen molar-refractivity contribution in [3.63, 3.8) is 0 Å². The molecule has 23 heavy (non-hydrogen) atoms. The van der Waals surface area contributed by atoms with Crippen molar-refractivity contribution in [2.75, 3.05) is 33.4 Å². The van der Waals surface area contributed by atoms with Crippen LogP contribution in [0.4, 0.5) is 0 Å². The minimum atomic E-state index is -3.53. The van der Waals surface area contributed by atoms with Gasteiger partial charge in [-0.3, -0.25) is 4.68 Å². The molecule has 0 aromatic carbocycles. The van der Waals surface area contributed by atoms with E-state index in [9.17, 15) is 8.42 Å². The Morgan fingerprint density at radius 3 is 2.43 bits per heavy atom. The van der Waals surface area contributed by atoms with E-state index in [1.807, 2.05) is 0 Å². The Morgan fingerprint density at radius 2 is 1.87 bits per heavy atom. The van der Waals surface area contributed by atoms with E-state index in [2.05, 4.69) is 29.0 Å². The van der Waals surface area contributed by atoms with Crippen molar-refractivity contribution in [3.8, 4) is 0 Å². The average Bonchev–Trinajstić information content (AvgIpc) is 2.68. The number of nitrogens with zero attached hydrogens (tertiary/aromatic N) is 2. The van der Waals surface area contributed by atoms with Crippen molar-refractivity contribution >= 4 is 22.4 Å². The third-order valence-electron chi connectivity index (χ3n) is 3.20. The molecule has 136 valence electrons. The highest BCUT2D eigenvalue weighted by atomic mass is 35.5. The highest BCUT2D eigenvalue weighted by molar-refractivity contribution is 7.89. The molecule has 0 atom stereocenters. The lowest BCUT2D eigenvalue weighted by molar-refractivity contribution is 0.199. The summed E-state index contributed by atoms with van der Waals surface area (Å²) >= 11 is 0. The molecular weight excluding hydrogens is 340 g/mol. The van der Waals surface area contributed by atoms with E-state index in [0.29, 0.717) is 55.0 Å². The summed E-state index contributed by atoms with van der Waals surface area (Å²) in [6, 6.07) is 0. The van der Waals surface area contributed by atoms with Crippen molar-refractivity contribution < 1.29 is 13.2 Å². The zero-order valence-electron chi connectivity index (χ0n) is 14.5. The summed E-state index contributed by atoms with van der Waals surface area (Å²) in [6.45, 7) is 10.6. The van der Waals surface area contributed by atoms with Gasteiger partial charge in [0.05, 0.1) is 18.0 Å². The van der Waals surface area contributed by atoms with Crippen LogP contribution in [0.25, 0.3) is 0 Å². The number of ether oxygens (including phenoxy) is 1. The quantitative estimate of drug-likeness (QED) is 0.604. The Bertz CT molecular complexity index is 573. The number of sulfonamides is 1. The number of hydrogen-bond acceptors (Lipinski definition) is 5. The van der Waals surface area contributed by atoms with Gasteiger partial charge in [0.2, 0.25) is 10.0 Å². The number of halogens is 1. The Balaban J connectivity index is 0.00000484. The van der Waals surface area contributed by atoms with Crippen LogP contribution in [0.5, 0.6) is 0 Å². The van der Waals surface area contributed by atoms with Crippen molar-refractivity contribution in [2.45, 2.75) is 39.1 Å². The first-order valence-electron chi connectivity index (χ1n) is 7.53. The first-order valence-corrected chi connectivity index (χ1v) is 9.01. The molecule has 0 saturated carbocycles. The smallest absolute Gasteiger partial charge is 0.244 e. The van der Waals surface area contributed by atoms with Crippen LogP contribution in [-0.2, 0) is 21.3 Å². The third kappa shape index (κ3) is 6.76. The molecule has 0 amide bonds. The maximum absolute atomic E-state index is 12.4. The number of rotatable bonds is 10. The fourth-order valence-electron chi connectivity index (χ4n) is 2.24. The first kappa shape index (κ1) is 22.3. The van der Waals surface area contributed by atoms with E-state index < -0.39 is 10.0 Å². The molecule has 0 unspecified atom stereocenters. The van der Waals surface area contributed by atoms with Crippen molar-refractivity contribution in [3.05, 3.63) is 11.4 Å². The SMILES string of the molecule is COCCNCCNS(=O)(=O)c1c(C)nn(CC(C)C)c1C.Cl. The summed E-state index contributed by atoms with van der Waals surface area (Å²) < 4.78 is 34.2. The molecule has 1 heterocycles. The van der Waals surface area contributed by atoms with Crippen molar-refractivity contribution in [2.24, 2.45) is 5.92 Å². The van der Waals surface area contributed by atoms with Gasteiger partial charge in [-0.15, -0.1) is 12.4 Å². The van der Waals surface area contributed by atoms with Gasteiger partial charge in [0.15, 0.2) is 0 Å². The summed E-state index contributed by atoms with van der Waals surface area (Å²) in [6.07, 6.45) is 0. The van der Waals surface area contributed by atoms with Crippen molar-refractivity contribution in [1.82, 2.24) is 19.8 Å². The Hall–Kier alpha value is -0.670. The second-order valence-corrected chi connectivity index (χ2v) is 7.42. The lowest BCUT2D eigenvalue weighted by Gasteiger charge is -2.09. The van der Waals surface area contributed by atoms with E-state index in [4.69, 9.17) is 4.74 Å². The molecule has 0 fully saturated rings. The van der Waals surface area contributed by atoms with Gasteiger partial charge in [-0.2, -0.15) is 5.10 Å². The molecule has 2 N–H and O–H groups in total. The van der Waals surface area contributed by atoms with Crippen LogP contribution < -0.4 is 10.0 Å². The number of methoxy groups -OCH3 is 1. The largest absolute Gasteiger partial charge is 0.383 e. The summed E-state index contributed by atoms with van der Waals surface area (Å²) in [5.74, 6) is 0.409. The maximum Gasteiger partial charge on any atom is 0.244 e. The average molecular weight is 369 g/mol. The van der Waals surface area contributed by atoms with E-state index in [1.165, 1.54) is 0 Å². The maximum atomic E-state index is 12.4. The molecule has 0 aliphatic heterocycles. The minimum Gasteiger partial charge on any atom is -0.383 e. The van der Waals surface area contributed by atoms with Gasteiger partial charge in [-0.05, 0) is 19.8 Å². The van der Waals surface area contributed by atoms with E-state index in [-0.39, 0.29) is 12.4 Å². The van der Waals surface area contributed by atoms with Gasteiger partial charge >= 0.3 is 0 Å². The summed E-state index contributed by atoms with van der Waals surface area (Å²) in [7, 11) is -1.90. The van der Waals surface area contributed by atoms with Crippen molar-refractivity contribution in [1.29, 1.82) is 0 Å². The Labute approximate surface area is 145 Å². The lowest BCUT2D eigenvalue weighted by atomic mass is 10.2. The van der Waals surface area contributed by atoms with Crippen LogP contribution in [0.2, 0.25) is 0 Å². The normalized spacial score (nSPS) is 11.7. The van der Waals surface area contributed by atoms with Gasteiger partial charge in [0.1, 0.15) is 4.90 Å². The number of aryl methyl sites for hydroxylation is 1. The van der Waals surface area contributed by atoms with E-state index >= 15 is 0 Å². The second-order valence-electron chi connectivity index (χ2n) is 5.72. The van der Waals surface area contributed by atoms with Crippen LogP contribution >= 0.6 is 12.4 Å². The Kier molecular flexibility index (Phi) is 9.95. The summed E-state index contributed by atoms with van der Waals surface area (Å²) in [5, 5.41) is 7.45. The summed E-state index contributed by atoms with van der Waals surface area (Å²) in [5.41, 5.74) is 1.23. The predicted molar refractivity (Wildman–Crippen MR) is 93.7 cm³/mol. The van der Waals surface area contributed by atoms with Crippen LogP contribution in [-0.4, -0.2) is 51.5 Å². The molecule has 1 rings (SSSR count).